The number of anilines is 2. The number of nitrogen functional groups attached to an aromatic ring is 1. The molecule has 0 unspecified atom stereocenters. The summed E-state index contributed by atoms with van der Waals surface area (Å²) in [5.41, 5.74) is -1.74. The van der Waals surface area contributed by atoms with Gasteiger partial charge in [-0.2, -0.15) is 41.6 Å². The molecule has 298 valence electrons. The maximum absolute atomic E-state index is 15.7. The standard InChI is InChI=1S/C38H37F8N7O2S/c1-2-53(21-9-12-51(17-21)34(54)19-5-3-6-19)33-23-13-25(37(41,42)43)28(22-7-8-26(40)31-27(22)24(15-47)32(48)56-31)29(38(44,45)46)30(23)49-35(50-33)55-18-36-10-4-11-52(36)16-20(39)14-36/h7-8,13,19-21H,2-6,9-12,14,16-18,48H2,1H3/t20-,21+,36+/m1/s1. The van der Waals surface area contributed by atoms with E-state index in [1.54, 1.807) is 22.8 Å². The Balaban J connectivity index is 1.37. The highest BCUT2D eigenvalue weighted by atomic mass is 32.1. The number of nitrogens with zero attached hydrogens (tertiary/aromatic N) is 6. The van der Waals surface area contributed by atoms with E-state index < -0.39 is 86.0 Å². The fraction of sp³-hybridized carbons (Fsp3) is 0.526. The first-order valence-electron chi connectivity index (χ1n) is 18.6. The normalized spacial score (nSPS) is 23.2. The van der Waals surface area contributed by atoms with Crippen molar-refractivity contribution in [1.82, 2.24) is 19.8 Å². The lowest BCUT2D eigenvalue weighted by Gasteiger charge is -2.33. The molecule has 8 rings (SSSR count). The van der Waals surface area contributed by atoms with Gasteiger partial charge in [-0.15, -0.1) is 11.3 Å². The topological polar surface area (TPSA) is 112 Å². The maximum Gasteiger partial charge on any atom is 0.419 e. The number of halogens is 8. The summed E-state index contributed by atoms with van der Waals surface area (Å²) in [6, 6.07) is 2.73. The average Bonchev–Trinajstić information content (AvgIpc) is 3.88. The first-order valence-corrected chi connectivity index (χ1v) is 19.4. The van der Waals surface area contributed by atoms with Gasteiger partial charge in [-0.1, -0.05) is 12.5 Å². The number of likely N-dealkylation sites (tertiary alicyclic amines) is 1. The zero-order chi connectivity index (χ0) is 39.9. The predicted octanol–water partition coefficient (Wildman–Crippen LogP) is 8.32. The molecule has 1 amide bonds. The second-order valence-electron chi connectivity index (χ2n) is 15.2. The highest BCUT2D eigenvalue weighted by Crippen LogP contribution is 2.52. The summed E-state index contributed by atoms with van der Waals surface area (Å²) >= 11 is 0.536. The molecule has 3 saturated heterocycles. The van der Waals surface area contributed by atoms with Gasteiger partial charge in [0.2, 0.25) is 5.91 Å². The molecular formula is C38H37F8N7O2S. The van der Waals surface area contributed by atoms with E-state index in [0.717, 1.165) is 37.8 Å². The molecule has 4 aromatic rings. The summed E-state index contributed by atoms with van der Waals surface area (Å²) in [5, 5.41) is 8.57. The van der Waals surface area contributed by atoms with E-state index in [1.807, 2.05) is 4.90 Å². The number of carbonyl (C=O) groups excluding carboxylic acids is 1. The van der Waals surface area contributed by atoms with Crippen LogP contribution in [0.5, 0.6) is 6.01 Å². The van der Waals surface area contributed by atoms with Gasteiger partial charge in [-0.3, -0.25) is 9.69 Å². The smallest absolute Gasteiger partial charge is 0.419 e. The van der Waals surface area contributed by atoms with Crippen LogP contribution in [0.3, 0.4) is 0 Å². The fourth-order valence-electron chi connectivity index (χ4n) is 9.14. The Bertz CT molecular complexity index is 2270. The molecule has 5 heterocycles. The van der Waals surface area contributed by atoms with E-state index in [2.05, 4.69) is 9.97 Å². The van der Waals surface area contributed by atoms with Gasteiger partial charge in [0.15, 0.2) is 0 Å². The molecule has 4 fully saturated rings. The van der Waals surface area contributed by atoms with Gasteiger partial charge in [0.25, 0.3) is 0 Å². The van der Waals surface area contributed by atoms with Crippen molar-refractivity contribution >= 4 is 49.1 Å². The van der Waals surface area contributed by atoms with Gasteiger partial charge in [0.1, 0.15) is 35.5 Å². The van der Waals surface area contributed by atoms with E-state index in [4.69, 9.17) is 10.5 Å². The van der Waals surface area contributed by atoms with Gasteiger partial charge in [0.05, 0.1) is 32.4 Å². The number of nitrogens with two attached hydrogens (primary N) is 1. The number of nitriles is 1. The minimum absolute atomic E-state index is 0.0331. The number of likely N-dealkylation sites (N-methyl/N-ethyl adjacent to an activating group) is 1. The molecule has 1 aliphatic carbocycles. The van der Waals surface area contributed by atoms with Crippen molar-refractivity contribution in [3.05, 3.63) is 40.7 Å². The first kappa shape index (κ1) is 38.4. The molecule has 18 heteroatoms. The van der Waals surface area contributed by atoms with Crippen LogP contribution in [0.15, 0.2) is 18.2 Å². The van der Waals surface area contributed by atoms with Crippen molar-refractivity contribution < 1.29 is 44.7 Å². The van der Waals surface area contributed by atoms with Crippen molar-refractivity contribution in [1.29, 1.82) is 5.26 Å². The van der Waals surface area contributed by atoms with Crippen molar-refractivity contribution in [2.45, 2.75) is 82.0 Å². The summed E-state index contributed by atoms with van der Waals surface area (Å²) in [6.07, 6.45) is -7.80. The largest absolute Gasteiger partial charge is 0.461 e. The summed E-state index contributed by atoms with van der Waals surface area (Å²) in [5.74, 6) is -1.38. The molecule has 4 aliphatic rings. The van der Waals surface area contributed by atoms with E-state index >= 15 is 30.7 Å². The van der Waals surface area contributed by atoms with Crippen LogP contribution in [0.4, 0.5) is 45.9 Å². The van der Waals surface area contributed by atoms with Crippen LogP contribution in [0, 0.1) is 23.1 Å². The number of carbonyl (C=O) groups is 1. The number of benzene rings is 2. The Labute approximate surface area is 320 Å². The van der Waals surface area contributed by atoms with Gasteiger partial charge in [-0.05, 0) is 63.3 Å². The molecule has 9 nitrogen and oxygen atoms in total. The third-order valence-corrected chi connectivity index (χ3v) is 13.0. The molecule has 3 aliphatic heterocycles. The van der Waals surface area contributed by atoms with Crippen LogP contribution < -0.4 is 15.4 Å². The molecule has 2 N–H and O–H groups in total. The molecule has 2 aromatic heterocycles. The Hall–Kier alpha value is -4.50. The van der Waals surface area contributed by atoms with Gasteiger partial charge >= 0.3 is 18.4 Å². The lowest BCUT2D eigenvalue weighted by atomic mass is 9.84. The SMILES string of the molecule is CCN(c1nc(OC[C@@]23CCCN2C[C@H](F)C3)nc2c(C(F)(F)F)c(-c3ccc(F)c4sc(N)c(C#N)c34)c(C(F)(F)F)cc12)[C@H]1CCN(C(=O)C2CCC2)C1. The van der Waals surface area contributed by atoms with Crippen LogP contribution in [0.2, 0.25) is 0 Å². The number of thiophene rings is 1. The van der Waals surface area contributed by atoms with E-state index in [9.17, 15) is 14.4 Å². The zero-order valence-electron chi connectivity index (χ0n) is 30.2. The number of fused-ring (bicyclic) bond motifs is 3. The zero-order valence-corrected chi connectivity index (χ0v) is 31.0. The van der Waals surface area contributed by atoms with Crippen LogP contribution in [-0.4, -0.2) is 82.8 Å². The number of alkyl halides is 7. The van der Waals surface area contributed by atoms with E-state index in [-0.39, 0.29) is 60.0 Å². The van der Waals surface area contributed by atoms with Crippen molar-refractivity contribution in [3.63, 3.8) is 0 Å². The molecule has 56 heavy (non-hydrogen) atoms. The van der Waals surface area contributed by atoms with Crippen LogP contribution in [-0.2, 0) is 17.1 Å². The number of hydrogen-bond donors (Lipinski definition) is 1. The van der Waals surface area contributed by atoms with Gasteiger partial charge in [-0.25, -0.2) is 8.78 Å². The predicted molar refractivity (Wildman–Crippen MR) is 193 cm³/mol. The lowest BCUT2D eigenvalue weighted by Crippen LogP contribution is -2.43. The highest BCUT2D eigenvalue weighted by Gasteiger charge is 2.50. The van der Waals surface area contributed by atoms with Crippen LogP contribution in [0.25, 0.3) is 32.1 Å². The number of hydrogen-bond acceptors (Lipinski definition) is 9. The molecule has 2 aromatic carbocycles. The number of ether oxygens (including phenoxy) is 1. The minimum atomic E-state index is -5.50. The number of rotatable bonds is 8. The molecule has 1 saturated carbocycles. The van der Waals surface area contributed by atoms with Crippen LogP contribution >= 0.6 is 11.3 Å². The lowest BCUT2D eigenvalue weighted by molar-refractivity contribution is -0.141. The number of amides is 1. The summed E-state index contributed by atoms with van der Waals surface area (Å²) in [4.78, 5) is 27.1. The Morgan fingerprint density at radius 1 is 1.11 bits per heavy atom. The molecule has 0 bridgehead atoms. The van der Waals surface area contributed by atoms with E-state index in [1.165, 1.54) is 0 Å². The second-order valence-corrected chi connectivity index (χ2v) is 16.2. The monoisotopic (exact) mass is 807 g/mol. The summed E-state index contributed by atoms with van der Waals surface area (Å²) < 4.78 is 129. The third kappa shape index (κ3) is 6.34. The summed E-state index contributed by atoms with van der Waals surface area (Å²) in [7, 11) is 0. The van der Waals surface area contributed by atoms with Crippen molar-refractivity contribution in [3.8, 4) is 23.2 Å². The Morgan fingerprint density at radius 3 is 2.54 bits per heavy atom. The van der Waals surface area contributed by atoms with Crippen LogP contribution in [0.1, 0.15) is 68.6 Å². The molecule has 0 spiro atoms. The minimum Gasteiger partial charge on any atom is -0.461 e. The van der Waals surface area contributed by atoms with Crippen molar-refractivity contribution in [2.24, 2.45) is 5.92 Å². The van der Waals surface area contributed by atoms with E-state index in [0.29, 0.717) is 43.3 Å². The van der Waals surface area contributed by atoms with Gasteiger partial charge < -0.3 is 20.3 Å². The Morgan fingerprint density at radius 2 is 1.88 bits per heavy atom. The first-order chi connectivity index (χ1) is 26.5. The average molecular weight is 808 g/mol. The third-order valence-electron chi connectivity index (χ3n) is 12.0. The quantitative estimate of drug-likeness (QED) is 0.177. The highest BCUT2D eigenvalue weighted by molar-refractivity contribution is 7.23. The van der Waals surface area contributed by atoms with Crippen molar-refractivity contribution in [2.75, 3.05) is 50.0 Å². The summed E-state index contributed by atoms with van der Waals surface area (Å²) in [6.45, 7) is 2.89. The maximum atomic E-state index is 15.7. The molecule has 0 radical (unpaired) electrons. The molecular weight excluding hydrogens is 771 g/mol. The van der Waals surface area contributed by atoms with Gasteiger partial charge in [0, 0.05) is 60.9 Å². The number of aromatic nitrogens is 2. The Kier molecular flexibility index (Phi) is 9.50. The fourth-order valence-corrected chi connectivity index (χ4v) is 10.1. The second kappa shape index (κ2) is 13.9. The molecule has 3 atom stereocenters.